The van der Waals surface area contributed by atoms with E-state index in [-0.39, 0.29) is 0 Å². The SMILES string of the molecule is CCC1(C)NC(=O)N(NC(=O)C(C)Oc2ccc(C#N)cc2)C1=O. The fourth-order valence-corrected chi connectivity index (χ4v) is 2.09. The number of hydrazine groups is 1. The van der Waals surface area contributed by atoms with Gasteiger partial charge in [0.25, 0.3) is 11.8 Å². The summed E-state index contributed by atoms with van der Waals surface area (Å²) in [6.07, 6.45) is -0.534. The number of carbonyl (C=O) groups excluding carboxylic acids is 3. The Labute approximate surface area is 139 Å². The van der Waals surface area contributed by atoms with Crippen LogP contribution >= 0.6 is 0 Å². The highest BCUT2D eigenvalue weighted by atomic mass is 16.5. The molecule has 1 aliphatic rings. The third kappa shape index (κ3) is 3.30. The molecular weight excluding hydrogens is 312 g/mol. The zero-order valence-corrected chi connectivity index (χ0v) is 13.6. The van der Waals surface area contributed by atoms with Crippen LogP contribution in [-0.2, 0) is 9.59 Å². The topological polar surface area (TPSA) is 112 Å². The lowest BCUT2D eigenvalue weighted by Gasteiger charge is -2.21. The Bertz CT molecular complexity index is 710. The van der Waals surface area contributed by atoms with Gasteiger partial charge in [-0.15, -0.1) is 0 Å². The molecule has 2 unspecified atom stereocenters. The number of nitrogens with zero attached hydrogens (tertiary/aromatic N) is 2. The quantitative estimate of drug-likeness (QED) is 0.785. The van der Waals surface area contributed by atoms with Gasteiger partial charge in [-0.2, -0.15) is 10.3 Å². The summed E-state index contributed by atoms with van der Waals surface area (Å²) in [4.78, 5) is 36.2. The number of amides is 4. The van der Waals surface area contributed by atoms with Gasteiger partial charge in [0.15, 0.2) is 6.10 Å². The number of benzene rings is 1. The molecular formula is C16H18N4O4. The summed E-state index contributed by atoms with van der Waals surface area (Å²) in [5.41, 5.74) is 1.71. The standard InChI is InChI=1S/C16H18N4O4/c1-4-16(3)14(22)20(15(23)18-16)19-13(21)10(2)24-12-7-5-11(9-17)6-8-12/h5-8,10H,4H2,1-3H3,(H,18,23)(H,19,21). The van der Waals surface area contributed by atoms with Gasteiger partial charge >= 0.3 is 6.03 Å². The van der Waals surface area contributed by atoms with Gasteiger partial charge in [0.1, 0.15) is 11.3 Å². The van der Waals surface area contributed by atoms with Gasteiger partial charge in [-0.25, -0.2) is 4.79 Å². The first-order valence-electron chi connectivity index (χ1n) is 7.44. The van der Waals surface area contributed by atoms with Crippen LogP contribution in [-0.4, -0.2) is 34.5 Å². The Hall–Kier alpha value is -3.08. The molecule has 1 fully saturated rings. The summed E-state index contributed by atoms with van der Waals surface area (Å²) in [5, 5.41) is 11.9. The van der Waals surface area contributed by atoms with Crippen molar-refractivity contribution >= 4 is 17.8 Å². The second kappa shape index (κ2) is 6.58. The number of nitriles is 1. The molecule has 0 saturated carbocycles. The molecule has 1 aromatic rings. The van der Waals surface area contributed by atoms with Crippen LogP contribution in [0.25, 0.3) is 0 Å². The predicted octanol–water partition coefficient (Wildman–Crippen LogP) is 1.08. The minimum Gasteiger partial charge on any atom is -0.481 e. The first-order chi connectivity index (χ1) is 11.3. The fourth-order valence-electron chi connectivity index (χ4n) is 2.09. The molecule has 4 amide bonds. The zero-order valence-electron chi connectivity index (χ0n) is 13.6. The van der Waals surface area contributed by atoms with Crippen molar-refractivity contribution in [2.45, 2.75) is 38.8 Å². The first-order valence-corrected chi connectivity index (χ1v) is 7.44. The Morgan fingerprint density at radius 1 is 1.42 bits per heavy atom. The number of imide groups is 1. The lowest BCUT2D eigenvalue weighted by Crippen LogP contribution is -2.51. The summed E-state index contributed by atoms with van der Waals surface area (Å²) in [6, 6.07) is 7.54. The number of rotatable bonds is 5. The average Bonchev–Trinajstić information content (AvgIpc) is 2.79. The lowest BCUT2D eigenvalue weighted by molar-refractivity contribution is -0.141. The van der Waals surface area contributed by atoms with E-state index in [9.17, 15) is 14.4 Å². The molecule has 8 nitrogen and oxygen atoms in total. The van der Waals surface area contributed by atoms with Gasteiger partial charge in [0.2, 0.25) is 0 Å². The molecule has 2 rings (SSSR count). The second-order valence-corrected chi connectivity index (χ2v) is 5.63. The van der Waals surface area contributed by atoms with E-state index in [1.165, 1.54) is 6.92 Å². The molecule has 0 aliphatic carbocycles. The molecule has 1 aromatic carbocycles. The highest BCUT2D eigenvalue weighted by molar-refractivity contribution is 6.07. The van der Waals surface area contributed by atoms with Crippen molar-refractivity contribution < 1.29 is 19.1 Å². The maximum absolute atomic E-state index is 12.2. The van der Waals surface area contributed by atoms with E-state index < -0.39 is 29.5 Å². The minimum absolute atomic E-state index is 0.396. The average molecular weight is 330 g/mol. The van der Waals surface area contributed by atoms with Crippen LogP contribution in [0.4, 0.5) is 4.79 Å². The molecule has 0 radical (unpaired) electrons. The molecule has 0 aromatic heterocycles. The van der Waals surface area contributed by atoms with Crippen molar-refractivity contribution in [3.8, 4) is 11.8 Å². The first kappa shape index (κ1) is 17.3. The Balaban J connectivity index is 2.00. The van der Waals surface area contributed by atoms with E-state index in [4.69, 9.17) is 10.00 Å². The molecule has 1 saturated heterocycles. The Morgan fingerprint density at radius 3 is 2.54 bits per heavy atom. The largest absolute Gasteiger partial charge is 0.481 e. The van der Waals surface area contributed by atoms with Gasteiger partial charge in [-0.05, 0) is 44.5 Å². The lowest BCUT2D eigenvalue weighted by atomic mass is 10.00. The number of ether oxygens (including phenoxy) is 1. The maximum Gasteiger partial charge on any atom is 0.344 e. The van der Waals surface area contributed by atoms with Crippen LogP contribution in [0.5, 0.6) is 5.75 Å². The van der Waals surface area contributed by atoms with Crippen molar-refractivity contribution in [1.29, 1.82) is 5.26 Å². The van der Waals surface area contributed by atoms with Gasteiger partial charge < -0.3 is 10.1 Å². The summed E-state index contributed by atoms with van der Waals surface area (Å²) in [6.45, 7) is 4.85. The third-order valence-electron chi connectivity index (χ3n) is 3.86. The van der Waals surface area contributed by atoms with E-state index in [0.717, 1.165) is 0 Å². The second-order valence-electron chi connectivity index (χ2n) is 5.63. The van der Waals surface area contributed by atoms with E-state index >= 15 is 0 Å². The normalized spacial score (nSPS) is 21.0. The molecule has 1 aliphatic heterocycles. The van der Waals surface area contributed by atoms with Gasteiger partial charge in [0, 0.05) is 0 Å². The summed E-state index contributed by atoms with van der Waals surface area (Å²) < 4.78 is 5.44. The molecule has 0 bridgehead atoms. The summed E-state index contributed by atoms with van der Waals surface area (Å²) in [7, 11) is 0. The van der Waals surface area contributed by atoms with Crippen molar-refractivity contribution in [2.24, 2.45) is 0 Å². The third-order valence-corrected chi connectivity index (χ3v) is 3.86. The van der Waals surface area contributed by atoms with E-state index in [1.807, 2.05) is 6.07 Å². The van der Waals surface area contributed by atoms with Gasteiger partial charge in [0.05, 0.1) is 11.6 Å². The molecule has 24 heavy (non-hydrogen) atoms. The molecule has 2 N–H and O–H groups in total. The summed E-state index contributed by atoms with van der Waals surface area (Å²) in [5.74, 6) is -0.760. The zero-order chi connectivity index (χ0) is 17.9. The number of hydrogen-bond donors (Lipinski definition) is 2. The van der Waals surface area contributed by atoms with E-state index in [0.29, 0.717) is 22.7 Å². The maximum atomic E-state index is 12.2. The number of nitrogens with one attached hydrogen (secondary N) is 2. The van der Waals surface area contributed by atoms with Crippen molar-refractivity contribution in [1.82, 2.24) is 15.8 Å². The molecule has 2 atom stereocenters. The molecule has 8 heteroatoms. The number of hydrogen-bond acceptors (Lipinski definition) is 5. The van der Waals surface area contributed by atoms with Crippen LogP contribution in [0.3, 0.4) is 0 Å². The van der Waals surface area contributed by atoms with Crippen molar-refractivity contribution in [3.63, 3.8) is 0 Å². The van der Waals surface area contributed by atoms with Crippen molar-refractivity contribution in [3.05, 3.63) is 29.8 Å². The van der Waals surface area contributed by atoms with Gasteiger partial charge in [-0.3, -0.25) is 15.0 Å². The Kier molecular flexibility index (Phi) is 4.74. The van der Waals surface area contributed by atoms with Crippen LogP contribution in [0.15, 0.2) is 24.3 Å². The monoisotopic (exact) mass is 330 g/mol. The molecule has 126 valence electrons. The summed E-state index contributed by atoms with van der Waals surface area (Å²) >= 11 is 0. The van der Waals surface area contributed by atoms with Crippen LogP contribution in [0, 0.1) is 11.3 Å². The molecule has 0 spiro atoms. The number of urea groups is 1. The van der Waals surface area contributed by atoms with Crippen molar-refractivity contribution in [2.75, 3.05) is 0 Å². The van der Waals surface area contributed by atoms with Crippen LogP contribution < -0.4 is 15.5 Å². The smallest absolute Gasteiger partial charge is 0.344 e. The fraction of sp³-hybridized carbons (Fsp3) is 0.375. The van der Waals surface area contributed by atoms with Crippen LogP contribution in [0.2, 0.25) is 0 Å². The van der Waals surface area contributed by atoms with E-state index in [1.54, 1.807) is 38.1 Å². The van der Waals surface area contributed by atoms with Gasteiger partial charge in [-0.1, -0.05) is 6.92 Å². The van der Waals surface area contributed by atoms with E-state index in [2.05, 4.69) is 10.7 Å². The predicted molar refractivity (Wildman–Crippen MR) is 83.5 cm³/mol. The highest BCUT2D eigenvalue weighted by Gasteiger charge is 2.47. The number of carbonyl (C=O) groups is 3. The Morgan fingerprint density at radius 2 is 2.04 bits per heavy atom. The highest BCUT2D eigenvalue weighted by Crippen LogP contribution is 2.19. The minimum atomic E-state index is -1.03. The van der Waals surface area contributed by atoms with Crippen LogP contribution in [0.1, 0.15) is 32.8 Å². The molecule has 1 heterocycles.